The summed E-state index contributed by atoms with van der Waals surface area (Å²) in [6.07, 6.45) is -0.393. The van der Waals surface area contributed by atoms with Crippen LogP contribution in [0.5, 0.6) is 11.5 Å². The first kappa shape index (κ1) is 14.3. The molecule has 0 saturated heterocycles. The number of nitrogens with two attached hydrogens (primary N) is 1. The largest absolute Gasteiger partial charge is 0.486 e. The van der Waals surface area contributed by atoms with Gasteiger partial charge in [0.15, 0.2) is 17.6 Å². The lowest BCUT2D eigenvalue weighted by atomic mass is 9.97. The first-order valence-corrected chi connectivity index (χ1v) is 6.95. The van der Waals surface area contributed by atoms with Gasteiger partial charge in [0.2, 0.25) is 0 Å². The summed E-state index contributed by atoms with van der Waals surface area (Å²) in [6.45, 7) is 2.18. The van der Waals surface area contributed by atoms with Crippen molar-refractivity contribution in [2.45, 2.75) is 19.1 Å². The third-order valence-corrected chi connectivity index (χ3v) is 3.76. The van der Waals surface area contributed by atoms with Gasteiger partial charge in [0.1, 0.15) is 6.61 Å². The van der Waals surface area contributed by atoms with Crippen molar-refractivity contribution < 1.29 is 14.4 Å². The van der Waals surface area contributed by atoms with E-state index in [0.29, 0.717) is 23.7 Å². The summed E-state index contributed by atoms with van der Waals surface area (Å²) in [5.74, 6) is 1.32. The second kappa shape index (κ2) is 5.65. The Hall–Kier alpha value is -2.60. The molecule has 2 aromatic rings. The number of hydrogen-bond acceptors (Lipinski definition) is 5. The highest BCUT2D eigenvalue weighted by molar-refractivity contribution is 5.43. The van der Waals surface area contributed by atoms with E-state index in [0.717, 1.165) is 5.56 Å². The van der Waals surface area contributed by atoms with Gasteiger partial charge in [0, 0.05) is 12.1 Å². The quantitative estimate of drug-likeness (QED) is 0.695. The molecule has 2 unspecified atom stereocenters. The molecule has 0 aromatic heterocycles. The molecule has 2 aromatic carbocycles. The highest BCUT2D eigenvalue weighted by Crippen LogP contribution is 2.34. The molecule has 2 N–H and O–H groups in total. The lowest BCUT2D eigenvalue weighted by Crippen LogP contribution is -2.39. The van der Waals surface area contributed by atoms with E-state index in [1.807, 2.05) is 31.2 Å². The molecule has 0 amide bonds. The number of nitrogens with zero attached hydrogens (tertiary/aromatic N) is 1. The second-order valence-electron chi connectivity index (χ2n) is 5.24. The van der Waals surface area contributed by atoms with Crippen molar-refractivity contribution >= 4 is 5.69 Å². The average molecular weight is 300 g/mol. The molecule has 0 spiro atoms. The van der Waals surface area contributed by atoms with Crippen LogP contribution < -0.4 is 15.2 Å². The van der Waals surface area contributed by atoms with Crippen LogP contribution in [0.4, 0.5) is 5.69 Å². The van der Waals surface area contributed by atoms with Crippen LogP contribution >= 0.6 is 0 Å². The number of non-ortho nitro benzene ring substituents is 1. The zero-order valence-corrected chi connectivity index (χ0v) is 12.1. The van der Waals surface area contributed by atoms with E-state index < -0.39 is 17.1 Å². The minimum atomic E-state index is -0.506. The smallest absolute Gasteiger partial charge is 0.269 e. The summed E-state index contributed by atoms with van der Waals surface area (Å²) in [7, 11) is 0. The first-order chi connectivity index (χ1) is 10.6. The molecule has 0 saturated carbocycles. The van der Waals surface area contributed by atoms with Crippen molar-refractivity contribution in [2.75, 3.05) is 6.61 Å². The van der Waals surface area contributed by atoms with Crippen molar-refractivity contribution in [3.05, 3.63) is 63.7 Å². The summed E-state index contributed by atoms with van der Waals surface area (Å²) >= 11 is 0. The number of rotatable bonds is 3. The topological polar surface area (TPSA) is 87.6 Å². The number of fused-ring (bicyclic) bond motifs is 1. The standard InChI is InChI=1S/C16H16N2O4/c1-10-6-7-11(18(19)20)8-12(10)16(17)15-9-21-13-4-2-3-5-14(13)22-15/h2-8,15-16H,9,17H2,1H3. The van der Waals surface area contributed by atoms with Crippen molar-refractivity contribution in [3.8, 4) is 11.5 Å². The van der Waals surface area contributed by atoms with Gasteiger partial charge in [0.05, 0.1) is 11.0 Å². The monoisotopic (exact) mass is 300 g/mol. The highest BCUT2D eigenvalue weighted by Gasteiger charge is 2.29. The molecule has 2 atom stereocenters. The summed E-state index contributed by atoms with van der Waals surface area (Å²) in [5, 5.41) is 10.9. The van der Waals surface area contributed by atoms with Crippen LogP contribution in [-0.4, -0.2) is 17.6 Å². The van der Waals surface area contributed by atoms with Crippen molar-refractivity contribution in [2.24, 2.45) is 5.73 Å². The van der Waals surface area contributed by atoms with Gasteiger partial charge in [-0.15, -0.1) is 0 Å². The van der Waals surface area contributed by atoms with Gasteiger partial charge in [-0.2, -0.15) is 0 Å². The Morgan fingerprint density at radius 1 is 1.27 bits per heavy atom. The van der Waals surface area contributed by atoms with Gasteiger partial charge in [-0.25, -0.2) is 0 Å². The fourth-order valence-corrected chi connectivity index (χ4v) is 2.51. The van der Waals surface area contributed by atoms with Gasteiger partial charge in [-0.05, 0) is 30.2 Å². The molecule has 0 aliphatic carbocycles. The maximum atomic E-state index is 10.9. The molecule has 3 rings (SSSR count). The van der Waals surface area contributed by atoms with E-state index in [1.165, 1.54) is 12.1 Å². The Bertz CT molecular complexity index is 717. The Labute approximate surface area is 127 Å². The second-order valence-corrected chi connectivity index (χ2v) is 5.24. The minimum absolute atomic E-state index is 0.0215. The normalized spacial score (nSPS) is 17.8. The minimum Gasteiger partial charge on any atom is -0.486 e. The molecule has 1 heterocycles. The van der Waals surface area contributed by atoms with Crippen LogP contribution in [0.2, 0.25) is 0 Å². The predicted molar refractivity (Wildman–Crippen MR) is 81.1 cm³/mol. The number of ether oxygens (including phenoxy) is 2. The number of hydrogen-bond donors (Lipinski definition) is 1. The van der Waals surface area contributed by atoms with Gasteiger partial charge in [0.25, 0.3) is 5.69 Å². The van der Waals surface area contributed by atoms with E-state index >= 15 is 0 Å². The maximum absolute atomic E-state index is 10.9. The SMILES string of the molecule is Cc1ccc([N+](=O)[O-])cc1C(N)C1COc2ccccc2O1. The third-order valence-electron chi connectivity index (χ3n) is 3.76. The van der Waals surface area contributed by atoms with Crippen molar-refractivity contribution in [3.63, 3.8) is 0 Å². The summed E-state index contributed by atoms with van der Waals surface area (Å²) < 4.78 is 11.5. The third kappa shape index (κ3) is 2.60. The molecule has 0 radical (unpaired) electrons. The van der Waals surface area contributed by atoms with Crippen LogP contribution in [0.25, 0.3) is 0 Å². The summed E-state index contributed by atoms with van der Waals surface area (Å²) in [6, 6.07) is 11.5. The lowest BCUT2D eigenvalue weighted by molar-refractivity contribution is -0.385. The Balaban J connectivity index is 1.87. The van der Waals surface area contributed by atoms with Crippen LogP contribution in [0, 0.1) is 17.0 Å². The van der Waals surface area contributed by atoms with Crippen LogP contribution in [-0.2, 0) is 0 Å². The molecule has 22 heavy (non-hydrogen) atoms. The molecule has 0 bridgehead atoms. The number of benzene rings is 2. The maximum Gasteiger partial charge on any atom is 0.269 e. The summed E-state index contributed by atoms with van der Waals surface area (Å²) in [4.78, 5) is 10.5. The van der Waals surface area contributed by atoms with Gasteiger partial charge < -0.3 is 15.2 Å². The Morgan fingerprint density at radius 3 is 2.73 bits per heavy atom. The van der Waals surface area contributed by atoms with E-state index in [1.54, 1.807) is 6.07 Å². The summed E-state index contributed by atoms with van der Waals surface area (Å²) in [5.41, 5.74) is 7.88. The first-order valence-electron chi connectivity index (χ1n) is 6.95. The molecular formula is C16H16N2O4. The fourth-order valence-electron chi connectivity index (χ4n) is 2.51. The molecular weight excluding hydrogens is 284 g/mol. The highest BCUT2D eigenvalue weighted by atomic mass is 16.6. The molecule has 1 aliphatic rings. The number of aryl methyl sites for hydroxylation is 1. The van der Waals surface area contributed by atoms with E-state index in [4.69, 9.17) is 15.2 Å². The Kier molecular flexibility index (Phi) is 3.68. The predicted octanol–water partition coefficient (Wildman–Crippen LogP) is 2.74. The fraction of sp³-hybridized carbons (Fsp3) is 0.250. The molecule has 114 valence electrons. The number of para-hydroxylation sites is 2. The van der Waals surface area contributed by atoms with Gasteiger partial charge >= 0.3 is 0 Å². The molecule has 1 aliphatic heterocycles. The van der Waals surface area contributed by atoms with E-state index in [-0.39, 0.29) is 5.69 Å². The zero-order chi connectivity index (χ0) is 15.7. The Morgan fingerprint density at radius 2 is 2.00 bits per heavy atom. The molecule has 0 fully saturated rings. The molecule has 6 nitrogen and oxygen atoms in total. The van der Waals surface area contributed by atoms with Crippen molar-refractivity contribution in [1.82, 2.24) is 0 Å². The van der Waals surface area contributed by atoms with Crippen molar-refractivity contribution in [1.29, 1.82) is 0 Å². The van der Waals surface area contributed by atoms with Crippen LogP contribution in [0.15, 0.2) is 42.5 Å². The number of nitro groups is 1. The number of nitro benzene ring substituents is 1. The van der Waals surface area contributed by atoms with E-state index in [9.17, 15) is 10.1 Å². The van der Waals surface area contributed by atoms with Crippen LogP contribution in [0.3, 0.4) is 0 Å². The van der Waals surface area contributed by atoms with Gasteiger partial charge in [-0.3, -0.25) is 10.1 Å². The van der Waals surface area contributed by atoms with E-state index in [2.05, 4.69) is 0 Å². The lowest BCUT2D eigenvalue weighted by Gasteiger charge is -2.31. The van der Waals surface area contributed by atoms with Gasteiger partial charge in [-0.1, -0.05) is 18.2 Å². The molecule has 6 heteroatoms. The average Bonchev–Trinajstić information content (AvgIpc) is 2.54. The van der Waals surface area contributed by atoms with Crippen LogP contribution in [0.1, 0.15) is 17.2 Å². The zero-order valence-electron chi connectivity index (χ0n) is 12.1.